The van der Waals surface area contributed by atoms with E-state index in [1.54, 1.807) is 18.2 Å². The third kappa shape index (κ3) is 2.76. The van der Waals surface area contributed by atoms with Gasteiger partial charge in [-0.1, -0.05) is 12.1 Å². The smallest absolute Gasteiger partial charge is 0.301 e. The zero-order valence-corrected chi connectivity index (χ0v) is 10.6. The predicted octanol–water partition coefficient (Wildman–Crippen LogP) is 2.02. The molecule has 0 amide bonds. The number of nitrogens with zero attached hydrogens (tertiary/aromatic N) is 1. The quantitative estimate of drug-likeness (QED) is 0.691. The summed E-state index contributed by atoms with van der Waals surface area (Å²) in [4.78, 5) is 0. The second-order valence-corrected chi connectivity index (χ2v) is 6.39. The number of phenols is 1. The molecule has 0 heterocycles. The van der Waals surface area contributed by atoms with Crippen LogP contribution in [-0.4, -0.2) is 10.6 Å². The van der Waals surface area contributed by atoms with Gasteiger partial charge in [0, 0.05) is 5.54 Å². The van der Waals surface area contributed by atoms with Gasteiger partial charge in [-0.15, -0.1) is 0 Å². The topological polar surface area (TPSA) is 92.6 Å². The highest BCUT2D eigenvalue weighted by Crippen LogP contribution is 2.46. The van der Waals surface area contributed by atoms with Gasteiger partial charge in [-0.05, 0) is 32.9 Å². The lowest BCUT2D eigenvalue weighted by molar-refractivity contribution is 0.467. The maximum atomic E-state index is 11.9. The maximum absolute atomic E-state index is 11.9. The molecule has 1 aromatic rings. The molecule has 0 saturated carbocycles. The highest BCUT2D eigenvalue weighted by atomic mass is 31.2. The molecule has 1 rings (SSSR count). The van der Waals surface area contributed by atoms with Crippen LogP contribution in [0, 0.1) is 0 Å². The summed E-state index contributed by atoms with van der Waals surface area (Å²) in [5, 5.41) is 9.73. The minimum atomic E-state index is -3.47. The monoisotopic (exact) mass is 243 g/mol. The first kappa shape index (κ1) is 13.0. The van der Waals surface area contributed by atoms with E-state index >= 15 is 0 Å². The van der Waals surface area contributed by atoms with Crippen molar-refractivity contribution in [2.24, 2.45) is 11.0 Å². The van der Waals surface area contributed by atoms with E-state index in [-0.39, 0.29) is 5.75 Å². The summed E-state index contributed by atoms with van der Waals surface area (Å²) >= 11 is 0. The first-order chi connectivity index (χ1) is 7.14. The fourth-order valence-corrected chi connectivity index (χ4v) is 3.09. The van der Waals surface area contributed by atoms with Crippen molar-refractivity contribution >= 4 is 13.3 Å². The van der Waals surface area contributed by atoms with Gasteiger partial charge in [0.05, 0.1) is 5.69 Å². The van der Waals surface area contributed by atoms with Crippen molar-refractivity contribution in [2.75, 3.05) is 4.67 Å². The number of phenolic OH excluding ortho intramolecular Hbond substituents is 1. The van der Waals surface area contributed by atoms with Crippen LogP contribution in [0.4, 0.5) is 5.69 Å². The fraction of sp³-hybridized carbons (Fsp3) is 0.400. The van der Waals surface area contributed by atoms with Crippen LogP contribution in [0.3, 0.4) is 0 Å². The minimum absolute atomic E-state index is 0.00792. The molecule has 0 unspecified atom stereocenters. The summed E-state index contributed by atoms with van der Waals surface area (Å²) < 4.78 is 13.2. The van der Waals surface area contributed by atoms with Crippen molar-refractivity contribution < 1.29 is 9.67 Å². The Morgan fingerprint density at radius 2 is 1.75 bits per heavy atom. The Morgan fingerprint density at radius 1 is 1.25 bits per heavy atom. The van der Waals surface area contributed by atoms with E-state index in [0.29, 0.717) is 5.69 Å². The number of aromatic hydroxyl groups is 1. The molecule has 0 fully saturated rings. The second kappa shape index (κ2) is 4.09. The van der Waals surface area contributed by atoms with Crippen LogP contribution >= 0.6 is 7.59 Å². The molecule has 5 nitrogen and oxygen atoms in total. The Hall–Kier alpha value is -1.03. The summed E-state index contributed by atoms with van der Waals surface area (Å²) in [6, 6.07) is 6.54. The van der Waals surface area contributed by atoms with Crippen LogP contribution in [0.25, 0.3) is 0 Å². The van der Waals surface area contributed by atoms with Gasteiger partial charge in [0.1, 0.15) is 5.75 Å². The Morgan fingerprint density at radius 3 is 2.12 bits per heavy atom. The van der Waals surface area contributed by atoms with Gasteiger partial charge in [0.25, 0.3) is 0 Å². The lowest BCUT2D eigenvalue weighted by atomic mass is 10.1. The first-order valence-electron chi connectivity index (χ1n) is 4.90. The van der Waals surface area contributed by atoms with E-state index in [9.17, 15) is 9.67 Å². The van der Waals surface area contributed by atoms with E-state index in [4.69, 9.17) is 11.0 Å². The number of para-hydroxylation sites is 2. The normalized spacial score (nSPS) is 12.6. The number of anilines is 1. The Kier molecular flexibility index (Phi) is 3.33. The van der Waals surface area contributed by atoms with Gasteiger partial charge in [0.15, 0.2) is 0 Å². The summed E-state index contributed by atoms with van der Waals surface area (Å²) in [7, 11) is -3.47. The molecule has 0 spiro atoms. The third-order valence-corrected chi connectivity index (χ3v) is 3.50. The summed E-state index contributed by atoms with van der Waals surface area (Å²) in [6.45, 7) is 5.48. The molecule has 0 aliphatic heterocycles. The van der Waals surface area contributed by atoms with Gasteiger partial charge in [-0.3, -0.25) is 20.2 Å². The second-order valence-electron chi connectivity index (χ2n) is 4.64. The molecule has 0 aromatic heterocycles. The maximum Gasteiger partial charge on any atom is 0.301 e. The van der Waals surface area contributed by atoms with E-state index in [1.165, 1.54) is 10.7 Å². The molecule has 0 atom stereocenters. The zero-order chi connectivity index (χ0) is 12.6. The van der Waals surface area contributed by atoms with Crippen LogP contribution in [0.1, 0.15) is 20.8 Å². The molecule has 90 valence electrons. The molecule has 5 N–H and O–H groups in total. The van der Waals surface area contributed by atoms with Crippen molar-refractivity contribution in [1.82, 2.24) is 0 Å². The zero-order valence-electron chi connectivity index (χ0n) is 9.71. The van der Waals surface area contributed by atoms with Gasteiger partial charge in [-0.2, -0.15) is 0 Å². The highest BCUT2D eigenvalue weighted by molar-refractivity contribution is 7.60. The Balaban J connectivity index is 3.35. The SMILES string of the molecule is CC(C)(C)N(c1ccccc1O)P(N)(N)=O. The van der Waals surface area contributed by atoms with Crippen LogP contribution in [0.5, 0.6) is 5.75 Å². The number of nitrogens with two attached hydrogens (primary N) is 2. The van der Waals surface area contributed by atoms with E-state index in [0.717, 1.165) is 0 Å². The van der Waals surface area contributed by atoms with Gasteiger partial charge in [0.2, 0.25) is 0 Å². The molecular weight excluding hydrogens is 225 g/mol. The Labute approximate surface area is 95.6 Å². The predicted molar refractivity (Wildman–Crippen MR) is 66.3 cm³/mol. The van der Waals surface area contributed by atoms with Crippen molar-refractivity contribution in [3.63, 3.8) is 0 Å². The van der Waals surface area contributed by atoms with Crippen molar-refractivity contribution in [1.29, 1.82) is 0 Å². The molecule has 1 aromatic carbocycles. The fourth-order valence-electron chi connectivity index (χ4n) is 1.64. The van der Waals surface area contributed by atoms with Gasteiger partial charge < -0.3 is 5.11 Å². The molecule has 0 radical (unpaired) electrons. The van der Waals surface area contributed by atoms with Crippen LogP contribution in [0.2, 0.25) is 0 Å². The number of rotatable bonds is 2. The highest BCUT2D eigenvalue weighted by Gasteiger charge is 2.33. The lowest BCUT2D eigenvalue weighted by Gasteiger charge is -2.39. The number of benzene rings is 1. The molecule has 0 saturated heterocycles. The standard InChI is InChI=1S/C10H18N3O2P/c1-10(2,3)13(16(11,12)15)8-6-4-5-7-9(8)14/h4-7,14H,1-3H3,(H4,11,12,15). The van der Waals surface area contributed by atoms with Crippen molar-refractivity contribution in [3.05, 3.63) is 24.3 Å². The summed E-state index contributed by atoms with van der Waals surface area (Å²) in [5.74, 6) is 0.00792. The third-order valence-electron chi connectivity index (χ3n) is 2.06. The van der Waals surface area contributed by atoms with Gasteiger partial charge >= 0.3 is 7.59 Å². The molecule has 6 heteroatoms. The largest absolute Gasteiger partial charge is 0.506 e. The van der Waals surface area contributed by atoms with Crippen molar-refractivity contribution in [3.8, 4) is 5.75 Å². The summed E-state index contributed by atoms with van der Waals surface area (Å²) in [6.07, 6.45) is 0. The molecule has 16 heavy (non-hydrogen) atoms. The van der Waals surface area contributed by atoms with Crippen LogP contribution in [0.15, 0.2) is 24.3 Å². The van der Waals surface area contributed by atoms with Crippen LogP contribution in [-0.2, 0) is 4.57 Å². The molecular formula is C10H18N3O2P. The first-order valence-corrected chi connectivity index (χ1v) is 6.70. The molecule has 0 aliphatic carbocycles. The number of hydrogen-bond acceptors (Lipinski definition) is 2. The average molecular weight is 243 g/mol. The number of hydrogen-bond donors (Lipinski definition) is 3. The van der Waals surface area contributed by atoms with Crippen molar-refractivity contribution in [2.45, 2.75) is 26.3 Å². The molecule has 0 aliphatic rings. The minimum Gasteiger partial charge on any atom is -0.506 e. The Bertz CT molecular complexity index is 422. The molecule has 0 bridgehead atoms. The van der Waals surface area contributed by atoms with E-state index in [1.807, 2.05) is 20.8 Å². The van der Waals surface area contributed by atoms with Crippen LogP contribution < -0.4 is 15.7 Å². The van der Waals surface area contributed by atoms with E-state index < -0.39 is 13.1 Å². The lowest BCUT2D eigenvalue weighted by Crippen LogP contribution is -2.43. The van der Waals surface area contributed by atoms with Gasteiger partial charge in [-0.25, -0.2) is 0 Å². The average Bonchev–Trinajstić information content (AvgIpc) is 2.03. The summed E-state index contributed by atoms with van der Waals surface area (Å²) in [5.41, 5.74) is 10.9. The van der Waals surface area contributed by atoms with E-state index in [2.05, 4.69) is 0 Å².